The van der Waals surface area contributed by atoms with E-state index in [1.807, 2.05) is 0 Å². The zero-order valence-electron chi connectivity index (χ0n) is 7.00. The topological polar surface area (TPSA) is 29.3 Å². The van der Waals surface area contributed by atoms with Crippen molar-refractivity contribution >= 4 is 5.82 Å². The van der Waals surface area contributed by atoms with E-state index >= 15 is 0 Å². The number of hydrogen-bond donors (Lipinski definition) is 0. The molecule has 0 atom stereocenters. The molecule has 0 unspecified atom stereocenters. The lowest BCUT2D eigenvalue weighted by molar-refractivity contribution is 0.547. The Morgan fingerprint density at radius 2 is 2.45 bits per heavy atom. The number of oxazole rings is 1. The second-order valence-corrected chi connectivity index (χ2v) is 2.38. The molecular formula is C8H13N2O. The Balaban J connectivity index is 2.56. The van der Waals surface area contributed by atoms with Crippen molar-refractivity contribution in [3.05, 3.63) is 12.7 Å². The van der Waals surface area contributed by atoms with Gasteiger partial charge in [0.1, 0.15) is 6.26 Å². The van der Waals surface area contributed by atoms with E-state index in [0.717, 1.165) is 25.3 Å². The van der Waals surface area contributed by atoms with Gasteiger partial charge in [-0.25, -0.2) is 0 Å². The van der Waals surface area contributed by atoms with Crippen molar-refractivity contribution in [1.82, 2.24) is 4.98 Å². The summed E-state index contributed by atoms with van der Waals surface area (Å²) in [5, 5.41) is 0. The van der Waals surface area contributed by atoms with Crippen LogP contribution in [0.25, 0.3) is 0 Å². The van der Waals surface area contributed by atoms with Gasteiger partial charge >= 0.3 is 0 Å². The predicted octanol–water partition coefficient (Wildman–Crippen LogP) is 1.71. The lowest BCUT2D eigenvalue weighted by atomic mass is 10.4. The molecule has 0 saturated carbocycles. The molecule has 0 aliphatic carbocycles. The van der Waals surface area contributed by atoms with Crippen molar-refractivity contribution in [2.45, 2.75) is 20.3 Å². The number of aromatic nitrogens is 1. The quantitative estimate of drug-likeness (QED) is 0.659. The molecule has 0 fully saturated rings. The van der Waals surface area contributed by atoms with Gasteiger partial charge in [-0.15, -0.1) is 0 Å². The largest absolute Gasteiger partial charge is 0.439 e. The van der Waals surface area contributed by atoms with Gasteiger partial charge in [-0.3, -0.25) is 0 Å². The fourth-order valence-corrected chi connectivity index (χ4v) is 1.03. The third kappa shape index (κ3) is 1.97. The van der Waals surface area contributed by atoms with Crippen LogP contribution in [0.5, 0.6) is 0 Å². The zero-order chi connectivity index (χ0) is 8.10. The molecule has 0 aromatic carbocycles. The molecule has 0 saturated heterocycles. The van der Waals surface area contributed by atoms with Crippen LogP contribution in [0.3, 0.4) is 0 Å². The Bertz CT molecular complexity index is 184. The number of nitrogens with zero attached hydrogens (tertiary/aromatic N) is 2. The molecular weight excluding hydrogens is 140 g/mol. The molecule has 0 aliphatic rings. The Kier molecular flexibility index (Phi) is 2.95. The van der Waals surface area contributed by atoms with Gasteiger partial charge < -0.3 is 9.32 Å². The Hall–Kier alpha value is -0.990. The van der Waals surface area contributed by atoms with Gasteiger partial charge in [0.15, 0.2) is 5.82 Å². The minimum Gasteiger partial charge on any atom is -0.439 e. The van der Waals surface area contributed by atoms with E-state index < -0.39 is 0 Å². The first kappa shape index (κ1) is 8.11. The van der Waals surface area contributed by atoms with E-state index in [-0.39, 0.29) is 0 Å². The highest BCUT2D eigenvalue weighted by atomic mass is 16.3. The van der Waals surface area contributed by atoms with Crippen molar-refractivity contribution in [2.24, 2.45) is 0 Å². The van der Waals surface area contributed by atoms with Crippen LogP contribution in [-0.4, -0.2) is 18.1 Å². The van der Waals surface area contributed by atoms with Gasteiger partial charge in [0, 0.05) is 13.1 Å². The third-order valence-electron chi connectivity index (χ3n) is 1.58. The minimum atomic E-state index is 0.884. The molecule has 0 amide bonds. The Morgan fingerprint density at radius 3 is 2.91 bits per heavy atom. The van der Waals surface area contributed by atoms with Gasteiger partial charge in [0.2, 0.25) is 0 Å². The highest BCUT2D eigenvalue weighted by Gasteiger charge is 2.04. The van der Waals surface area contributed by atoms with Crippen LogP contribution in [0.1, 0.15) is 20.3 Å². The molecule has 3 nitrogen and oxygen atoms in total. The first-order valence-electron chi connectivity index (χ1n) is 3.95. The summed E-state index contributed by atoms with van der Waals surface area (Å²) in [5.74, 6) is 0.884. The average molecular weight is 153 g/mol. The summed E-state index contributed by atoms with van der Waals surface area (Å²) >= 11 is 0. The fraction of sp³-hybridized carbons (Fsp3) is 0.625. The normalized spacial score (nSPS) is 10.0. The van der Waals surface area contributed by atoms with Gasteiger partial charge in [-0.1, -0.05) is 6.92 Å². The van der Waals surface area contributed by atoms with Crippen LogP contribution in [0.4, 0.5) is 5.82 Å². The minimum absolute atomic E-state index is 0.884. The van der Waals surface area contributed by atoms with E-state index in [0.29, 0.717) is 0 Å². The molecule has 61 valence electrons. The Morgan fingerprint density at radius 1 is 1.64 bits per heavy atom. The predicted molar refractivity (Wildman–Crippen MR) is 43.5 cm³/mol. The molecule has 1 rings (SSSR count). The maximum Gasteiger partial charge on any atom is 0.285 e. The average Bonchev–Trinajstić information content (AvgIpc) is 2.52. The van der Waals surface area contributed by atoms with Crippen molar-refractivity contribution in [1.29, 1.82) is 0 Å². The van der Waals surface area contributed by atoms with Gasteiger partial charge in [0.05, 0.1) is 0 Å². The summed E-state index contributed by atoms with van der Waals surface area (Å²) in [7, 11) is 0. The van der Waals surface area contributed by atoms with E-state index in [4.69, 9.17) is 4.42 Å². The van der Waals surface area contributed by atoms with E-state index in [9.17, 15) is 0 Å². The first-order valence-corrected chi connectivity index (χ1v) is 3.95. The van der Waals surface area contributed by atoms with Crippen LogP contribution >= 0.6 is 0 Å². The van der Waals surface area contributed by atoms with Crippen molar-refractivity contribution in [2.75, 3.05) is 18.0 Å². The molecule has 0 bridgehead atoms. The molecule has 1 aromatic heterocycles. The summed E-state index contributed by atoms with van der Waals surface area (Å²) in [4.78, 5) is 6.09. The van der Waals surface area contributed by atoms with Crippen LogP contribution in [0.2, 0.25) is 0 Å². The second-order valence-electron chi connectivity index (χ2n) is 2.38. The van der Waals surface area contributed by atoms with E-state index in [2.05, 4.69) is 30.1 Å². The van der Waals surface area contributed by atoms with Crippen molar-refractivity contribution in [3.63, 3.8) is 0 Å². The summed E-state index contributed by atoms with van der Waals surface area (Å²) in [6.07, 6.45) is 5.19. The smallest absolute Gasteiger partial charge is 0.285 e. The van der Waals surface area contributed by atoms with Crippen LogP contribution in [0.15, 0.2) is 10.7 Å². The summed E-state index contributed by atoms with van der Waals surface area (Å²) in [6, 6.07) is 0. The maximum atomic E-state index is 4.77. The Labute approximate surface area is 67.0 Å². The SMILES string of the molecule is CCCN(CC)c1co[c]n1. The number of rotatable bonds is 4. The summed E-state index contributed by atoms with van der Waals surface area (Å²) < 4.78 is 4.77. The van der Waals surface area contributed by atoms with Crippen molar-refractivity contribution < 1.29 is 4.42 Å². The second kappa shape index (κ2) is 4.01. The zero-order valence-corrected chi connectivity index (χ0v) is 7.00. The van der Waals surface area contributed by atoms with Crippen molar-refractivity contribution in [3.8, 4) is 0 Å². The molecule has 0 aliphatic heterocycles. The molecule has 0 spiro atoms. The van der Waals surface area contributed by atoms with Gasteiger partial charge in [-0.2, -0.15) is 4.98 Å². The molecule has 3 heteroatoms. The highest BCUT2D eigenvalue weighted by Crippen LogP contribution is 2.08. The lowest BCUT2D eigenvalue weighted by Crippen LogP contribution is -2.23. The standard InChI is InChI=1S/C8H13N2O/c1-3-5-10(4-2)8-6-11-7-9-8/h6H,3-5H2,1-2H3. The summed E-state index contributed by atoms with van der Waals surface area (Å²) in [5.41, 5.74) is 0. The fourth-order valence-electron chi connectivity index (χ4n) is 1.03. The number of hydrogen-bond acceptors (Lipinski definition) is 3. The number of anilines is 1. The van der Waals surface area contributed by atoms with Crippen LogP contribution in [-0.2, 0) is 0 Å². The molecule has 0 N–H and O–H groups in total. The molecule has 1 heterocycles. The maximum absolute atomic E-state index is 4.77. The highest BCUT2D eigenvalue weighted by molar-refractivity contribution is 5.33. The van der Waals surface area contributed by atoms with E-state index in [1.165, 1.54) is 0 Å². The van der Waals surface area contributed by atoms with Crippen LogP contribution in [0, 0.1) is 6.39 Å². The molecule has 1 radical (unpaired) electrons. The molecule has 11 heavy (non-hydrogen) atoms. The van der Waals surface area contributed by atoms with Gasteiger partial charge in [-0.05, 0) is 13.3 Å². The van der Waals surface area contributed by atoms with Crippen LogP contribution < -0.4 is 4.90 Å². The lowest BCUT2D eigenvalue weighted by Gasteiger charge is -2.17. The summed E-state index contributed by atoms with van der Waals surface area (Å²) in [6.45, 7) is 6.24. The first-order chi connectivity index (χ1) is 5.38. The third-order valence-corrected chi connectivity index (χ3v) is 1.58. The molecule has 1 aromatic rings. The monoisotopic (exact) mass is 153 g/mol. The van der Waals surface area contributed by atoms with Gasteiger partial charge in [0.25, 0.3) is 6.39 Å². The van der Waals surface area contributed by atoms with E-state index in [1.54, 1.807) is 6.26 Å².